The van der Waals surface area contributed by atoms with Gasteiger partial charge in [0.15, 0.2) is 14.7 Å². The van der Waals surface area contributed by atoms with Crippen molar-refractivity contribution in [3.63, 3.8) is 0 Å². The van der Waals surface area contributed by atoms with E-state index in [0.29, 0.717) is 20.3 Å². The van der Waals surface area contributed by atoms with Crippen molar-refractivity contribution >= 4 is 34.5 Å². The smallest absolute Gasteiger partial charge is 0.182 e. The fourth-order valence-electron chi connectivity index (χ4n) is 1.45. The Hall–Kier alpha value is -1.53. The average molecular weight is 252 g/mol. The summed E-state index contributed by atoms with van der Waals surface area (Å²) in [5.41, 5.74) is 0.637. The summed E-state index contributed by atoms with van der Waals surface area (Å²) in [5.74, 6) is 0.312. The van der Waals surface area contributed by atoms with Gasteiger partial charge in [-0.3, -0.25) is 5.10 Å². The van der Waals surface area contributed by atoms with Gasteiger partial charge in [0.2, 0.25) is 0 Å². The molecule has 0 spiro atoms. The summed E-state index contributed by atoms with van der Waals surface area (Å²) in [4.78, 5) is 0. The van der Waals surface area contributed by atoms with Crippen LogP contribution in [0, 0.1) is 9.77 Å². The van der Waals surface area contributed by atoms with Crippen LogP contribution in [0.15, 0.2) is 28.7 Å². The van der Waals surface area contributed by atoms with Crippen LogP contribution in [-0.4, -0.2) is 10.2 Å². The van der Waals surface area contributed by atoms with Crippen LogP contribution in [0.2, 0.25) is 0 Å². The molecule has 0 atom stereocenters. The van der Waals surface area contributed by atoms with Crippen molar-refractivity contribution in [2.24, 2.45) is 0 Å². The summed E-state index contributed by atoms with van der Waals surface area (Å²) >= 11 is 6.25. The molecule has 0 amide bonds. The molecule has 6 heteroatoms. The predicted octanol–water partition coefficient (Wildman–Crippen LogP) is 3.75. The maximum absolute atomic E-state index is 13.0. The summed E-state index contributed by atoms with van der Waals surface area (Å²) in [6.45, 7) is 0. The van der Waals surface area contributed by atoms with Crippen LogP contribution in [0.5, 0.6) is 0 Å². The van der Waals surface area contributed by atoms with E-state index in [1.807, 2.05) is 0 Å². The van der Waals surface area contributed by atoms with E-state index < -0.39 is 0 Å². The highest BCUT2D eigenvalue weighted by Crippen LogP contribution is 2.29. The van der Waals surface area contributed by atoms with Gasteiger partial charge in [-0.1, -0.05) is 11.3 Å². The molecule has 0 unspecified atom stereocenters. The molecular formula is C10H5FN2OS2. The van der Waals surface area contributed by atoms with Gasteiger partial charge < -0.3 is 4.42 Å². The van der Waals surface area contributed by atoms with E-state index in [0.717, 1.165) is 5.39 Å². The van der Waals surface area contributed by atoms with Crippen molar-refractivity contribution in [3.05, 3.63) is 34.0 Å². The number of fused-ring (bicyclic) bond motifs is 1. The second-order valence-corrected chi connectivity index (χ2v) is 4.88. The molecule has 0 bridgehead atoms. The Bertz CT molecular complexity index is 713. The van der Waals surface area contributed by atoms with Gasteiger partial charge in [0.25, 0.3) is 0 Å². The summed E-state index contributed by atoms with van der Waals surface area (Å²) < 4.78 is 19.1. The van der Waals surface area contributed by atoms with Crippen LogP contribution in [0.3, 0.4) is 0 Å². The molecule has 3 nitrogen and oxygen atoms in total. The number of aromatic amines is 1. The number of hydrogen-bond acceptors (Lipinski definition) is 4. The van der Waals surface area contributed by atoms with Gasteiger partial charge in [0.05, 0.1) is 0 Å². The van der Waals surface area contributed by atoms with Gasteiger partial charge in [-0.2, -0.15) is 5.10 Å². The Kier molecular flexibility index (Phi) is 2.12. The summed E-state index contributed by atoms with van der Waals surface area (Å²) in [6, 6.07) is 6.14. The predicted molar refractivity (Wildman–Crippen MR) is 62.5 cm³/mol. The zero-order valence-electron chi connectivity index (χ0n) is 7.86. The van der Waals surface area contributed by atoms with Gasteiger partial charge in [-0.05, 0) is 36.5 Å². The van der Waals surface area contributed by atoms with Crippen molar-refractivity contribution in [1.29, 1.82) is 0 Å². The van der Waals surface area contributed by atoms with Crippen molar-refractivity contribution in [2.45, 2.75) is 0 Å². The Morgan fingerprint density at radius 3 is 3.00 bits per heavy atom. The minimum atomic E-state index is -0.283. The highest BCUT2D eigenvalue weighted by atomic mass is 32.1. The second-order valence-electron chi connectivity index (χ2n) is 3.21. The molecular weight excluding hydrogens is 247 g/mol. The Balaban J connectivity index is 2.22. The fraction of sp³-hybridized carbons (Fsp3) is 0. The lowest BCUT2D eigenvalue weighted by Gasteiger charge is -1.86. The zero-order chi connectivity index (χ0) is 11.1. The fourth-order valence-corrected chi connectivity index (χ4v) is 2.30. The topological polar surface area (TPSA) is 41.8 Å². The molecule has 0 saturated carbocycles. The molecule has 0 aliphatic rings. The lowest BCUT2D eigenvalue weighted by atomic mass is 10.2. The SMILES string of the molecule is Fc1ccc2oc(-c3n[nH]c(=S)s3)cc2c1. The van der Waals surface area contributed by atoms with Crippen molar-refractivity contribution < 1.29 is 8.81 Å². The van der Waals surface area contributed by atoms with Gasteiger partial charge in [-0.15, -0.1) is 0 Å². The van der Waals surface area contributed by atoms with Gasteiger partial charge in [0, 0.05) is 5.39 Å². The molecule has 16 heavy (non-hydrogen) atoms. The molecule has 3 aromatic rings. The largest absolute Gasteiger partial charge is 0.453 e. The summed E-state index contributed by atoms with van der Waals surface area (Å²) in [7, 11) is 0. The van der Waals surface area contributed by atoms with Crippen LogP contribution in [0.4, 0.5) is 4.39 Å². The lowest BCUT2D eigenvalue weighted by molar-refractivity contribution is 0.618. The quantitative estimate of drug-likeness (QED) is 0.670. The standard InChI is InChI=1S/C10H5FN2OS2/c11-6-1-2-7-5(3-6)4-8(14-7)9-12-13-10(15)16-9/h1-4H,(H,13,15). The first kappa shape index (κ1) is 9.68. The number of halogens is 1. The zero-order valence-corrected chi connectivity index (χ0v) is 9.49. The van der Waals surface area contributed by atoms with Crippen LogP contribution < -0.4 is 0 Å². The maximum Gasteiger partial charge on any atom is 0.182 e. The third-order valence-corrected chi connectivity index (χ3v) is 3.23. The molecule has 3 rings (SSSR count). The second kappa shape index (κ2) is 3.50. The van der Waals surface area contributed by atoms with Crippen LogP contribution in [0.25, 0.3) is 21.7 Å². The van der Waals surface area contributed by atoms with Crippen molar-refractivity contribution in [1.82, 2.24) is 10.2 Å². The average Bonchev–Trinajstić information content (AvgIpc) is 2.83. The Labute approximate surface area is 98.5 Å². The summed E-state index contributed by atoms with van der Waals surface area (Å²) in [6.07, 6.45) is 0. The van der Waals surface area contributed by atoms with E-state index in [1.54, 1.807) is 12.1 Å². The number of rotatable bonds is 1. The first-order chi connectivity index (χ1) is 7.72. The monoisotopic (exact) mass is 252 g/mol. The molecule has 0 aliphatic heterocycles. The molecule has 1 N–H and O–H groups in total. The van der Waals surface area contributed by atoms with Crippen LogP contribution >= 0.6 is 23.6 Å². The third-order valence-electron chi connectivity index (χ3n) is 2.13. The first-order valence-corrected chi connectivity index (χ1v) is 5.70. The highest BCUT2D eigenvalue weighted by Gasteiger charge is 2.09. The molecule has 0 fully saturated rings. The molecule has 0 radical (unpaired) electrons. The van der Waals surface area contributed by atoms with Crippen LogP contribution in [0.1, 0.15) is 0 Å². The molecule has 0 saturated heterocycles. The van der Waals surface area contributed by atoms with Gasteiger partial charge in [-0.25, -0.2) is 4.39 Å². The van der Waals surface area contributed by atoms with Gasteiger partial charge >= 0.3 is 0 Å². The van der Waals surface area contributed by atoms with E-state index in [-0.39, 0.29) is 5.82 Å². The van der Waals surface area contributed by atoms with Gasteiger partial charge in [0.1, 0.15) is 11.4 Å². The number of furan rings is 1. The van der Waals surface area contributed by atoms with Crippen molar-refractivity contribution in [2.75, 3.05) is 0 Å². The number of H-pyrrole nitrogens is 1. The minimum absolute atomic E-state index is 0.283. The number of aromatic nitrogens is 2. The first-order valence-electron chi connectivity index (χ1n) is 4.47. The third kappa shape index (κ3) is 1.56. The number of nitrogens with zero attached hydrogens (tertiary/aromatic N) is 1. The molecule has 1 aromatic carbocycles. The van der Waals surface area contributed by atoms with E-state index >= 15 is 0 Å². The molecule has 2 aromatic heterocycles. The van der Waals surface area contributed by atoms with E-state index in [4.69, 9.17) is 16.6 Å². The Morgan fingerprint density at radius 1 is 1.38 bits per heavy atom. The molecule has 0 aliphatic carbocycles. The number of hydrogen-bond donors (Lipinski definition) is 1. The Morgan fingerprint density at radius 2 is 2.25 bits per heavy atom. The summed E-state index contributed by atoms with van der Waals surface area (Å²) in [5, 5.41) is 8.06. The highest BCUT2D eigenvalue weighted by molar-refractivity contribution is 7.73. The number of nitrogens with one attached hydrogen (secondary N) is 1. The maximum atomic E-state index is 13.0. The van der Waals surface area contributed by atoms with E-state index in [2.05, 4.69) is 10.2 Å². The minimum Gasteiger partial charge on any atom is -0.453 e. The van der Waals surface area contributed by atoms with Crippen molar-refractivity contribution in [3.8, 4) is 10.8 Å². The lowest BCUT2D eigenvalue weighted by Crippen LogP contribution is -1.70. The number of benzene rings is 1. The van der Waals surface area contributed by atoms with E-state index in [9.17, 15) is 4.39 Å². The normalized spacial score (nSPS) is 11.1. The van der Waals surface area contributed by atoms with E-state index in [1.165, 1.54) is 23.5 Å². The van der Waals surface area contributed by atoms with Crippen LogP contribution in [-0.2, 0) is 0 Å². The molecule has 80 valence electrons. The molecule has 2 heterocycles.